The summed E-state index contributed by atoms with van der Waals surface area (Å²) in [5.41, 5.74) is 5.32. The van der Waals surface area contributed by atoms with Crippen molar-refractivity contribution in [3.63, 3.8) is 0 Å². The van der Waals surface area contributed by atoms with Crippen molar-refractivity contribution in [2.24, 2.45) is 5.73 Å². The van der Waals surface area contributed by atoms with Gasteiger partial charge in [0.2, 0.25) is 0 Å². The molecule has 0 rings (SSSR count). The van der Waals surface area contributed by atoms with Gasteiger partial charge in [-0.2, -0.15) is 0 Å². The molecule has 0 heterocycles. The smallest absolute Gasteiger partial charge is 0.462 e. The molecule has 0 fully saturated rings. The van der Waals surface area contributed by atoms with Gasteiger partial charge in [0, 0.05) is 19.4 Å². The molecule has 0 aromatic heterocycles. The number of unbranched alkanes of at least 4 members (excludes halogenated alkanes) is 13. The number of allylic oxidation sites excluding steroid dienone is 8. The third-order valence-electron chi connectivity index (χ3n) is 7.47. The van der Waals surface area contributed by atoms with E-state index >= 15 is 0 Å². The van der Waals surface area contributed by atoms with E-state index in [-0.39, 0.29) is 32.6 Å². The third-order valence-corrected chi connectivity index (χ3v) is 8.45. The van der Waals surface area contributed by atoms with Crippen LogP contribution >= 0.6 is 7.82 Å². The minimum absolute atomic E-state index is 0.0467. The summed E-state index contributed by atoms with van der Waals surface area (Å²) in [6.07, 6.45) is 37.2. The minimum Gasteiger partial charge on any atom is -0.462 e. The number of hydrogen-bond donors (Lipinski definition) is 2. The van der Waals surface area contributed by atoms with Crippen LogP contribution in [0.1, 0.15) is 149 Å². The average molecular weight is 698 g/mol. The zero-order chi connectivity index (χ0) is 35.4. The van der Waals surface area contributed by atoms with Crippen LogP contribution in [0.25, 0.3) is 0 Å². The molecule has 0 spiro atoms. The lowest BCUT2D eigenvalue weighted by Gasteiger charge is -2.19. The Balaban J connectivity index is 4.27. The lowest BCUT2D eigenvalue weighted by atomic mass is 10.1. The van der Waals surface area contributed by atoms with Gasteiger partial charge in [-0.3, -0.25) is 18.6 Å². The molecule has 0 saturated carbocycles. The number of phosphoric acid groups is 1. The maximum Gasteiger partial charge on any atom is 0.472 e. The number of ether oxygens (including phenoxy) is 2. The Bertz CT molecular complexity index is 934. The van der Waals surface area contributed by atoms with Crippen molar-refractivity contribution in [1.82, 2.24) is 0 Å². The summed E-state index contributed by atoms with van der Waals surface area (Å²) < 4.78 is 32.5. The number of esters is 2. The lowest BCUT2D eigenvalue weighted by Crippen LogP contribution is -2.29. The fourth-order valence-electron chi connectivity index (χ4n) is 4.67. The van der Waals surface area contributed by atoms with Gasteiger partial charge in [-0.15, -0.1) is 0 Å². The van der Waals surface area contributed by atoms with E-state index in [4.69, 9.17) is 24.3 Å². The molecule has 1 unspecified atom stereocenters. The van der Waals surface area contributed by atoms with Gasteiger partial charge in [-0.1, -0.05) is 127 Å². The normalized spacial score (nSPS) is 14.0. The second-order valence-corrected chi connectivity index (χ2v) is 13.5. The highest BCUT2D eigenvalue weighted by atomic mass is 31.2. The molecule has 0 aromatic carbocycles. The van der Waals surface area contributed by atoms with E-state index in [0.29, 0.717) is 6.42 Å². The molecule has 0 aliphatic carbocycles. The van der Waals surface area contributed by atoms with Gasteiger partial charge in [0.1, 0.15) is 6.61 Å². The molecule has 2 atom stereocenters. The highest BCUT2D eigenvalue weighted by Gasteiger charge is 2.25. The molecule has 0 aliphatic heterocycles. The lowest BCUT2D eigenvalue weighted by molar-refractivity contribution is -0.161. The van der Waals surface area contributed by atoms with Crippen molar-refractivity contribution < 1.29 is 37.6 Å². The van der Waals surface area contributed by atoms with Gasteiger partial charge < -0.3 is 20.1 Å². The summed E-state index contributed by atoms with van der Waals surface area (Å²) >= 11 is 0. The molecule has 0 aliphatic rings. The Morgan fingerprint density at radius 1 is 0.625 bits per heavy atom. The number of phosphoric ester groups is 1. The SMILES string of the molecule is CCCCC/C=C/C/C=C/C/C=C/C/C=C/CCCCCC(=O)O[C@H](COC(=O)CCCCCCCCCC)COP(=O)(O)OCCN. The van der Waals surface area contributed by atoms with Crippen molar-refractivity contribution in [2.75, 3.05) is 26.4 Å². The summed E-state index contributed by atoms with van der Waals surface area (Å²) in [6, 6.07) is 0. The Kier molecular flexibility index (Phi) is 33.3. The number of carbonyl (C=O) groups is 2. The third kappa shape index (κ3) is 33.9. The Morgan fingerprint density at radius 2 is 1.08 bits per heavy atom. The highest BCUT2D eigenvalue weighted by molar-refractivity contribution is 7.47. The maximum absolute atomic E-state index is 12.5. The quantitative estimate of drug-likeness (QED) is 0.0291. The van der Waals surface area contributed by atoms with E-state index in [2.05, 4.69) is 62.5 Å². The zero-order valence-electron chi connectivity index (χ0n) is 30.2. The van der Waals surface area contributed by atoms with Gasteiger partial charge in [0.15, 0.2) is 6.10 Å². The van der Waals surface area contributed by atoms with E-state index in [0.717, 1.165) is 57.8 Å². The first-order chi connectivity index (χ1) is 23.3. The maximum atomic E-state index is 12.5. The number of carbonyl (C=O) groups excluding carboxylic acids is 2. The second-order valence-electron chi connectivity index (χ2n) is 12.1. The molecular formula is C38H68NO8P. The first-order valence-electron chi connectivity index (χ1n) is 18.6. The predicted octanol–water partition coefficient (Wildman–Crippen LogP) is 9.99. The highest BCUT2D eigenvalue weighted by Crippen LogP contribution is 2.43. The van der Waals surface area contributed by atoms with Crippen molar-refractivity contribution in [2.45, 2.75) is 155 Å². The first kappa shape index (κ1) is 46.0. The van der Waals surface area contributed by atoms with Crippen LogP contribution in [-0.4, -0.2) is 49.3 Å². The van der Waals surface area contributed by atoms with Crippen LogP contribution in [0.3, 0.4) is 0 Å². The minimum atomic E-state index is -4.37. The van der Waals surface area contributed by atoms with Crippen LogP contribution in [0.2, 0.25) is 0 Å². The summed E-state index contributed by atoms with van der Waals surface area (Å²) in [4.78, 5) is 34.6. The molecule has 0 amide bonds. The molecule has 0 radical (unpaired) electrons. The Labute approximate surface area is 292 Å². The topological polar surface area (TPSA) is 134 Å². The molecule has 10 heteroatoms. The fraction of sp³-hybridized carbons (Fsp3) is 0.737. The van der Waals surface area contributed by atoms with E-state index in [9.17, 15) is 19.0 Å². The molecule has 278 valence electrons. The van der Waals surface area contributed by atoms with Crippen molar-refractivity contribution >= 4 is 19.8 Å². The summed E-state index contributed by atoms with van der Waals surface area (Å²) in [5.74, 6) is -0.874. The van der Waals surface area contributed by atoms with Gasteiger partial charge >= 0.3 is 19.8 Å². The van der Waals surface area contributed by atoms with E-state index in [1.807, 2.05) is 0 Å². The molecule has 0 aromatic rings. The van der Waals surface area contributed by atoms with E-state index < -0.39 is 32.5 Å². The van der Waals surface area contributed by atoms with Crippen molar-refractivity contribution in [3.05, 3.63) is 48.6 Å². The second kappa shape index (κ2) is 34.8. The van der Waals surface area contributed by atoms with Crippen LogP contribution in [0.4, 0.5) is 0 Å². The Hall–Kier alpha value is -2.03. The largest absolute Gasteiger partial charge is 0.472 e. The van der Waals surface area contributed by atoms with Gasteiger partial charge in [0.25, 0.3) is 0 Å². The number of rotatable bonds is 34. The van der Waals surface area contributed by atoms with Crippen LogP contribution in [0.5, 0.6) is 0 Å². The standard InChI is InChI=1S/C38H68NO8P/c1-3-5-7-9-11-13-14-15-16-17-18-19-20-21-22-23-25-27-29-31-38(41)47-36(35-46-48(42,43)45-33-32-39)34-44-37(40)30-28-26-24-12-10-8-6-4-2/h11,13,15-16,18-19,21-22,36H,3-10,12,14,17,20,23-35,39H2,1-2H3,(H,42,43)/b13-11+,16-15+,19-18+,22-21+/t36-/m1/s1. The summed E-state index contributed by atoms with van der Waals surface area (Å²) in [6.45, 7) is 3.60. The molecular weight excluding hydrogens is 629 g/mol. The fourth-order valence-corrected chi connectivity index (χ4v) is 5.44. The molecule has 0 bridgehead atoms. The van der Waals surface area contributed by atoms with Crippen LogP contribution in [0.15, 0.2) is 48.6 Å². The first-order valence-corrected chi connectivity index (χ1v) is 20.1. The van der Waals surface area contributed by atoms with E-state index in [1.165, 1.54) is 57.8 Å². The van der Waals surface area contributed by atoms with Gasteiger partial charge in [-0.25, -0.2) is 4.57 Å². The van der Waals surface area contributed by atoms with Crippen molar-refractivity contribution in [3.8, 4) is 0 Å². The van der Waals surface area contributed by atoms with Crippen LogP contribution in [-0.2, 0) is 32.7 Å². The average Bonchev–Trinajstić information content (AvgIpc) is 3.07. The zero-order valence-corrected chi connectivity index (χ0v) is 31.1. The summed E-state index contributed by atoms with van der Waals surface area (Å²) in [5, 5.41) is 0. The van der Waals surface area contributed by atoms with Crippen LogP contribution in [0, 0.1) is 0 Å². The Morgan fingerprint density at radius 3 is 1.65 bits per heavy atom. The number of nitrogens with two attached hydrogens (primary N) is 1. The molecule has 48 heavy (non-hydrogen) atoms. The molecule has 0 saturated heterocycles. The van der Waals surface area contributed by atoms with Crippen LogP contribution < -0.4 is 5.73 Å². The predicted molar refractivity (Wildman–Crippen MR) is 196 cm³/mol. The van der Waals surface area contributed by atoms with Gasteiger partial charge in [-0.05, 0) is 57.8 Å². The van der Waals surface area contributed by atoms with Gasteiger partial charge in [0.05, 0.1) is 13.2 Å². The summed E-state index contributed by atoms with van der Waals surface area (Å²) in [7, 11) is -4.37. The van der Waals surface area contributed by atoms with Crippen molar-refractivity contribution in [1.29, 1.82) is 0 Å². The van der Waals surface area contributed by atoms with E-state index in [1.54, 1.807) is 0 Å². The molecule has 3 N–H and O–H groups in total. The molecule has 9 nitrogen and oxygen atoms in total. The number of hydrogen-bond acceptors (Lipinski definition) is 8. The monoisotopic (exact) mass is 697 g/mol.